The summed E-state index contributed by atoms with van der Waals surface area (Å²) in [5.74, 6) is 5.27. The third kappa shape index (κ3) is 6.69. The lowest BCUT2D eigenvalue weighted by molar-refractivity contribution is -0.0546. The van der Waals surface area contributed by atoms with E-state index in [1.54, 1.807) is 0 Å². The van der Waals surface area contributed by atoms with Gasteiger partial charge in [0.05, 0.1) is 0 Å². The monoisotopic (exact) mass is 484 g/mol. The molecule has 0 bridgehead atoms. The molecule has 2 aliphatic rings. The Kier molecular flexibility index (Phi) is 8.55. The molecule has 4 atom stereocenters. The van der Waals surface area contributed by atoms with Crippen LogP contribution in [0.25, 0.3) is 0 Å². The van der Waals surface area contributed by atoms with Crippen LogP contribution in [0.4, 0.5) is 17.6 Å². The summed E-state index contributed by atoms with van der Waals surface area (Å²) in [6, 6.07) is 9.89. The molecule has 0 saturated heterocycles. The fourth-order valence-corrected chi connectivity index (χ4v) is 5.87. The standard InChI is InChI=1S/C30H32F4O/c1-2-3-4-5-21-10-13-26-19-25(15-14-24(26)16-21)23-11-8-20(9-12-23)6-7-22-17-27(31)29(28(32)18-22)35-30(33)34/h2-3,8-9,11-12,17-18,21,24-26,30H,4-5,10,13-16,19H2,1H3/b3-2+. The van der Waals surface area contributed by atoms with Gasteiger partial charge in [0.25, 0.3) is 0 Å². The van der Waals surface area contributed by atoms with Gasteiger partial charge in [0.2, 0.25) is 0 Å². The average Bonchev–Trinajstić information content (AvgIpc) is 2.85. The fourth-order valence-electron chi connectivity index (χ4n) is 5.87. The Bertz CT molecular complexity index is 1060. The van der Waals surface area contributed by atoms with Gasteiger partial charge >= 0.3 is 6.61 Å². The van der Waals surface area contributed by atoms with Crippen LogP contribution in [0.3, 0.4) is 0 Å². The summed E-state index contributed by atoms with van der Waals surface area (Å²) < 4.78 is 56.2. The lowest BCUT2D eigenvalue weighted by Gasteiger charge is -2.42. The van der Waals surface area contributed by atoms with Gasteiger partial charge in [0, 0.05) is 11.1 Å². The molecule has 1 nitrogen and oxygen atoms in total. The topological polar surface area (TPSA) is 9.23 Å². The molecule has 35 heavy (non-hydrogen) atoms. The summed E-state index contributed by atoms with van der Waals surface area (Å²) in [5.41, 5.74) is 2.12. The van der Waals surface area contributed by atoms with Crippen molar-refractivity contribution < 1.29 is 22.3 Å². The SMILES string of the molecule is C/C=C/CCC1CCC2CC(c3ccc(C#Cc4cc(F)c(OC(F)F)c(F)c4)cc3)CCC2C1. The highest BCUT2D eigenvalue weighted by Crippen LogP contribution is 2.48. The van der Waals surface area contributed by atoms with Gasteiger partial charge in [-0.3, -0.25) is 0 Å². The smallest absolute Gasteiger partial charge is 0.387 e. The number of halogens is 4. The highest BCUT2D eigenvalue weighted by Gasteiger charge is 2.35. The Morgan fingerprint density at radius 3 is 2.26 bits per heavy atom. The molecule has 0 aliphatic heterocycles. The zero-order valence-corrected chi connectivity index (χ0v) is 20.1. The van der Waals surface area contributed by atoms with Gasteiger partial charge in [-0.15, -0.1) is 0 Å². The van der Waals surface area contributed by atoms with Crippen LogP contribution < -0.4 is 4.74 Å². The Morgan fingerprint density at radius 2 is 1.57 bits per heavy atom. The van der Waals surface area contributed by atoms with E-state index in [2.05, 4.69) is 47.8 Å². The molecular formula is C30H32F4O. The normalized spacial score (nSPS) is 24.2. The van der Waals surface area contributed by atoms with Crippen LogP contribution in [0.2, 0.25) is 0 Å². The number of benzene rings is 2. The molecule has 186 valence electrons. The van der Waals surface area contributed by atoms with Crippen molar-refractivity contribution in [1.82, 2.24) is 0 Å². The van der Waals surface area contributed by atoms with E-state index in [1.807, 2.05) is 12.1 Å². The van der Waals surface area contributed by atoms with Gasteiger partial charge in [0.1, 0.15) is 0 Å². The predicted molar refractivity (Wildman–Crippen MR) is 130 cm³/mol. The van der Waals surface area contributed by atoms with Gasteiger partial charge < -0.3 is 4.74 Å². The minimum absolute atomic E-state index is 0.0605. The zero-order chi connectivity index (χ0) is 24.8. The maximum atomic E-state index is 13.9. The second-order valence-electron chi connectivity index (χ2n) is 9.88. The van der Waals surface area contributed by atoms with Crippen molar-refractivity contribution in [2.45, 2.75) is 70.8 Å². The molecule has 0 aromatic heterocycles. The van der Waals surface area contributed by atoms with E-state index in [0.717, 1.165) is 35.4 Å². The molecule has 0 spiro atoms. The van der Waals surface area contributed by atoms with E-state index < -0.39 is 24.0 Å². The first-order valence-electron chi connectivity index (χ1n) is 12.6. The number of allylic oxidation sites excluding steroid dienone is 2. The van der Waals surface area contributed by atoms with Crippen molar-refractivity contribution in [1.29, 1.82) is 0 Å². The van der Waals surface area contributed by atoms with E-state index in [0.29, 0.717) is 5.92 Å². The molecular weight excluding hydrogens is 452 g/mol. The number of hydrogen-bond acceptors (Lipinski definition) is 1. The Balaban J connectivity index is 1.35. The number of ether oxygens (including phenoxy) is 1. The molecule has 4 unspecified atom stereocenters. The molecule has 4 rings (SSSR count). The Hall–Kier alpha value is -2.74. The largest absolute Gasteiger partial charge is 0.429 e. The number of hydrogen-bond donors (Lipinski definition) is 0. The van der Waals surface area contributed by atoms with Crippen LogP contribution in [0.5, 0.6) is 5.75 Å². The van der Waals surface area contributed by atoms with E-state index in [9.17, 15) is 17.6 Å². The minimum Gasteiger partial charge on any atom is -0.429 e. The van der Waals surface area contributed by atoms with E-state index in [-0.39, 0.29) is 5.56 Å². The summed E-state index contributed by atoms with van der Waals surface area (Å²) in [6.07, 6.45) is 14.8. The van der Waals surface area contributed by atoms with Crippen LogP contribution in [0, 0.1) is 41.2 Å². The molecule has 2 saturated carbocycles. The third-order valence-corrected chi connectivity index (χ3v) is 7.64. The summed E-state index contributed by atoms with van der Waals surface area (Å²) in [4.78, 5) is 0. The van der Waals surface area contributed by atoms with E-state index >= 15 is 0 Å². The quantitative estimate of drug-likeness (QED) is 0.227. The minimum atomic E-state index is -3.30. The summed E-state index contributed by atoms with van der Waals surface area (Å²) in [5, 5.41) is 0. The molecule has 0 heterocycles. The van der Waals surface area contributed by atoms with Crippen LogP contribution in [-0.4, -0.2) is 6.61 Å². The van der Waals surface area contributed by atoms with Crippen molar-refractivity contribution in [3.63, 3.8) is 0 Å². The van der Waals surface area contributed by atoms with Crippen molar-refractivity contribution in [2.24, 2.45) is 17.8 Å². The van der Waals surface area contributed by atoms with Crippen molar-refractivity contribution >= 4 is 0 Å². The van der Waals surface area contributed by atoms with Crippen LogP contribution in [0.1, 0.15) is 80.9 Å². The second kappa shape index (κ2) is 11.8. The average molecular weight is 485 g/mol. The molecule has 2 aromatic rings. The molecule has 2 aromatic carbocycles. The van der Waals surface area contributed by atoms with Gasteiger partial charge in [-0.1, -0.05) is 42.5 Å². The van der Waals surface area contributed by atoms with Crippen LogP contribution in [0.15, 0.2) is 48.6 Å². The van der Waals surface area contributed by atoms with Crippen LogP contribution >= 0.6 is 0 Å². The Morgan fingerprint density at radius 1 is 0.914 bits per heavy atom. The summed E-state index contributed by atoms with van der Waals surface area (Å²) in [6.45, 7) is -1.21. The Labute approximate surface area is 205 Å². The summed E-state index contributed by atoms with van der Waals surface area (Å²) in [7, 11) is 0. The van der Waals surface area contributed by atoms with Crippen LogP contribution in [-0.2, 0) is 0 Å². The molecule has 2 fully saturated rings. The van der Waals surface area contributed by atoms with E-state index in [1.165, 1.54) is 56.9 Å². The first-order chi connectivity index (χ1) is 16.9. The maximum absolute atomic E-state index is 13.9. The van der Waals surface area contributed by atoms with Crippen molar-refractivity contribution in [2.75, 3.05) is 0 Å². The van der Waals surface area contributed by atoms with Gasteiger partial charge in [0.15, 0.2) is 17.4 Å². The number of alkyl halides is 2. The highest BCUT2D eigenvalue weighted by atomic mass is 19.3. The molecule has 0 amide bonds. The maximum Gasteiger partial charge on any atom is 0.387 e. The van der Waals surface area contributed by atoms with Gasteiger partial charge in [-0.05, 0) is 105 Å². The van der Waals surface area contributed by atoms with Gasteiger partial charge in [-0.25, -0.2) is 8.78 Å². The second-order valence-corrected chi connectivity index (χ2v) is 9.88. The molecule has 5 heteroatoms. The molecule has 2 aliphatic carbocycles. The van der Waals surface area contributed by atoms with E-state index in [4.69, 9.17) is 0 Å². The predicted octanol–water partition coefficient (Wildman–Crippen LogP) is 8.62. The number of fused-ring (bicyclic) bond motifs is 1. The highest BCUT2D eigenvalue weighted by molar-refractivity contribution is 5.46. The third-order valence-electron chi connectivity index (χ3n) is 7.64. The van der Waals surface area contributed by atoms with Crippen molar-refractivity contribution in [3.05, 3.63) is 76.9 Å². The molecule has 0 radical (unpaired) electrons. The lowest BCUT2D eigenvalue weighted by Crippen LogP contribution is -2.30. The fraction of sp³-hybridized carbons (Fsp3) is 0.467. The first kappa shape index (κ1) is 25.4. The van der Waals surface area contributed by atoms with Gasteiger partial charge in [-0.2, -0.15) is 8.78 Å². The zero-order valence-electron chi connectivity index (χ0n) is 20.1. The summed E-state index contributed by atoms with van der Waals surface area (Å²) >= 11 is 0. The lowest BCUT2D eigenvalue weighted by atomic mass is 9.63. The molecule has 0 N–H and O–H groups in total. The van der Waals surface area contributed by atoms with Crippen molar-refractivity contribution in [3.8, 4) is 17.6 Å². The first-order valence-corrected chi connectivity index (χ1v) is 12.6. The number of rotatable bonds is 6.